The van der Waals surface area contributed by atoms with Gasteiger partial charge in [-0.25, -0.2) is 9.37 Å². The summed E-state index contributed by atoms with van der Waals surface area (Å²) in [7, 11) is 0. The van der Waals surface area contributed by atoms with Crippen molar-refractivity contribution in [1.82, 2.24) is 9.55 Å². The van der Waals surface area contributed by atoms with Crippen LogP contribution in [0, 0.1) is 5.82 Å². The number of carboxylic acids is 1. The molecule has 0 amide bonds. The largest absolute Gasteiger partial charge is 0.480 e. The maximum absolute atomic E-state index is 13.1. The highest BCUT2D eigenvalue weighted by atomic mass is 19.1. The third-order valence-corrected chi connectivity index (χ3v) is 2.91. The van der Waals surface area contributed by atoms with Crippen LogP contribution in [0.1, 0.15) is 12.8 Å². The second-order valence-corrected chi connectivity index (χ2v) is 4.47. The first-order chi connectivity index (χ1) is 8.63. The lowest BCUT2D eigenvalue weighted by Crippen LogP contribution is -2.14. The summed E-state index contributed by atoms with van der Waals surface area (Å²) in [5.74, 6) is -0.821. The zero-order valence-corrected chi connectivity index (χ0v) is 9.56. The van der Waals surface area contributed by atoms with Gasteiger partial charge in [-0.05, 0) is 25.0 Å². The second kappa shape index (κ2) is 3.97. The van der Waals surface area contributed by atoms with E-state index in [1.807, 2.05) is 0 Å². The maximum atomic E-state index is 13.1. The summed E-state index contributed by atoms with van der Waals surface area (Å²) in [5.41, 5.74) is 1.10. The molecule has 3 rings (SSSR count). The zero-order chi connectivity index (χ0) is 12.7. The lowest BCUT2D eigenvalue weighted by Gasteiger charge is -2.07. The summed E-state index contributed by atoms with van der Waals surface area (Å²) in [6, 6.07) is 4.53. The van der Waals surface area contributed by atoms with Crippen LogP contribution >= 0.6 is 0 Å². The molecule has 1 saturated carbocycles. The summed E-state index contributed by atoms with van der Waals surface area (Å²) >= 11 is 0. The third kappa shape index (κ3) is 2.01. The predicted octanol–water partition coefficient (Wildman–Crippen LogP) is 1.83. The molecule has 18 heavy (non-hydrogen) atoms. The van der Waals surface area contributed by atoms with Gasteiger partial charge in [-0.3, -0.25) is 9.36 Å². The predicted molar refractivity (Wildman–Crippen MR) is 64.0 cm³/mol. The topological polar surface area (TPSA) is 67.2 Å². The lowest BCUT2D eigenvalue weighted by molar-refractivity contribution is -0.137. The number of carbonyl (C=O) groups is 1. The molecule has 1 fully saturated rings. The number of nitrogens with zero attached hydrogens (tertiary/aromatic N) is 2. The van der Waals surface area contributed by atoms with E-state index < -0.39 is 5.97 Å². The van der Waals surface area contributed by atoms with Crippen molar-refractivity contribution < 1.29 is 14.3 Å². The Labute approximate surface area is 102 Å². The van der Waals surface area contributed by atoms with Crippen molar-refractivity contribution in [1.29, 1.82) is 0 Å². The van der Waals surface area contributed by atoms with Crippen LogP contribution in [0.25, 0.3) is 11.0 Å². The van der Waals surface area contributed by atoms with Crippen LogP contribution in [0.4, 0.5) is 10.3 Å². The fourth-order valence-electron chi connectivity index (χ4n) is 1.92. The van der Waals surface area contributed by atoms with E-state index in [4.69, 9.17) is 5.11 Å². The number of benzene rings is 1. The fourth-order valence-corrected chi connectivity index (χ4v) is 1.92. The van der Waals surface area contributed by atoms with E-state index >= 15 is 0 Å². The van der Waals surface area contributed by atoms with E-state index in [2.05, 4.69) is 10.3 Å². The summed E-state index contributed by atoms with van der Waals surface area (Å²) in [4.78, 5) is 15.1. The molecule has 1 heterocycles. The quantitative estimate of drug-likeness (QED) is 0.867. The van der Waals surface area contributed by atoms with Gasteiger partial charge in [-0.2, -0.15) is 0 Å². The Hall–Kier alpha value is -2.11. The van der Waals surface area contributed by atoms with Crippen LogP contribution in [0.15, 0.2) is 18.2 Å². The molecule has 1 aliphatic rings. The molecule has 5 nitrogen and oxygen atoms in total. The molecule has 6 heteroatoms. The van der Waals surface area contributed by atoms with Crippen LogP contribution < -0.4 is 5.32 Å². The van der Waals surface area contributed by atoms with E-state index in [0.29, 0.717) is 23.0 Å². The number of aliphatic carboxylic acids is 1. The molecule has 1 aromatic heterocycles. The number of aromatic nitrogens is 2. The molecule has 2 N–H and O–H groups in total. The Bertz CT molecular complexity index is 619. The molecule has 1 aliphatic carbocycles. The Morgan fingerprint density at radius 2 is 2.33 bits per heavy atom. The van der Waals surface area contributed by atoms with Crippen LogP contribution in [-0.2, 0) is 11.3 Å². The van der Waals surface area contributed by atoms with E-state index in [1.165, 1.54) is 12.1 Å². The van der Waals surface area contributed by atoms with Crippen LogP contribution in [0.2, 0.25) is 0 Å². The monoisotopic (exact) mass is 249 g/mol. The fraction of sp³-hybridized carbons (Fsp3) is 0.333. The first kappa shape index (κ1) is 11.0. The number of imidazole rings is 1. The number of hydrogen-bond acceptors (Lipinski definition) is 3. The minimum absolute atomic E-state index is 0.183. The van der Waals surface area contributed by atoms with Gasteiger partial charge in [0.2, 0.25) is 5.95 Å². The Kier molecular flexibility index (Phi) is 2.43. The molecular formula is C12H12FN3O2. The average molecular weight is 249 g/mol. The Morgan fingerprint density at radius 3 is 3.00 bits per heavy atom. The molecule has 0 atom stereocenters. The van der Waals surface area contributed by atoms with Crippen molar-refractivity contribution in [3.05, 3.63) is 24.0 Å². The first-order valence-corrected chi connectivity index (χ1v) is 5.77. The van der Waals surface area contributed by atoms with Gasteiger partial charge in [-0.15, -0.1) is 0 Å². The number of carboxylic acid groups (broad SMARTS) is 1. The van der Waals surface area contributed by atoms with Crippen molar-refractivity contribution in [2.45, 2.75) is 25.4 Å². The van der Waals surface area contributed by atoms with Crippen molar-refractivity contribution in [3.8, 4) is 0 Å². The number of nitrogens with one attached hydrogen (secondary N) is 1. The molecule has 0 radical (unpaired) electrons. The van der Waals surface area contributed by atoms with Gasteiger partial charge in [0.05, 0.1) is 11.0 Å². The van der Waals surface area contributed by atoms with E-state index in [-0.39, 0.29) is 12.4 Å². The van der Waals surface area contributed by atoms with Crippen molar-refractivity contribution in [3.63, 3.8) is 0 Å². The molecule has 0 saturated heterocycles. The van der Waals surface area contributed by atoms with E-state index in [0.717, 1.165) is 12.8 Å². The normalized spacial score (nSPS) is 14.9. The molecule has 0 aliphatic heterocycles. The highest BCUT2D eigenvalue weighted by molar-refractivity contribution is 5.81. The number of rotatable bonds is 4. The van der Waals surface area contributed by atoms with Crippen molar-refractivity contribution in [2.75, 3.05) is 5.32 Å². The maximum Gasteiger partial charge on any atom is 0.323 e. The molecule has 2 aromatic rings. The smallest absolute Gasteiger partial charge is 0.323 e. The molecule has 94 valence electrons. The SMILES string of the molecule is O=C(O)Cn1c(NC2CC2)nc2cc(F)ccc21. The number of hydrogen-bond donors (Lipinski definition) is 2. The standard InChI is InChI=1S/C12H12FN3O2/c13-7-1-4-10-9(5-7)15-12(14-8-2-3-8)16(10)6-11(17)18/h1,4-5,8H,2-3,6H2,(H,14,15)(H,17,18). The van der Waals surface area contributed by atoms with Crippen LogP contribution in [0.5, 0.6) is 0 Å². The van der Waals surface area contributed by atoms with Gasteiger partial charge in [0.1, 0.15) is 12.4 Å². The van der Waals surface area contributed by atoms with Gasteiger partial charge < -0.3 is 10.4 Å². The zero-order valence-electron chi connectivity index (χ0n) is 9.56. The summed E-state index contributed by atoms with van der Waals surface area (Å²) in [5, 5.41) is 12.1. The van der Waals surface area contributed by atoms with Gasteiger partial charge in [-0.1, -0.05) is 0 Å². The summed E-state index contributed by atoms with van der Waals surface area (Å²) in [6.45, 7) is -0.183. The third-order valence-electron chi connectivity index (χ3n) is 2.91. The summed E-state index contributed by atoms with van der Waals surface area (Å²) in [6.07, 6.45) is 2.12. The van der Waals surface area contributed by atoms with Crippen LogP contribution in [0.3, 0.4) is 0 Å². The highest BCUT2D eigenvalue weighted by Crippen LogP contribution is 2.27. The van der Waals surface area contributed by atoms with E-state index in [9.17, 15) is 9.18 Å². The Balaban J connectivity index is 2.09. The highest BCUT2D eigenvalue weighted by Gasteiger charge is 2.24. The van der Waals surface area contributed by atoms with Gasteiger partial charge in [0, 0.05) is 12.1 Å². The average Bonchev–Trinajstić information content (AvgIpc) is 3.04. The van der Waals surface area contributed by atoms with E-state index in [1.54, 1.807) is 10.6 Å². The minimum Gasteiger partial charge on any atom is -0.480 e. The van der Waals surface area contributed by atoms with Gasteiger partial charge >= 0.3 is 5.97 Å². The molecule has 1 aromatic carbocycles. The Morgan fingerprint density at radius 1 is 1.56 bits per heavy atom. The van der Waals surface area contributed by atoms with Crippen molar-refractivity contribution in [2.24, 2.45) is 0 Å². The molecule has 0 spiro atoms. The number of halogens is 1. The number of anilines is 1. The van der Waals surface area contributed by atoms with Gasteiger partial charge in [0.25, 0.3) is 0 Å². The van der Waals surface area contributed by atoms with Crippen molar-refractivity contribution >= 4 is 23.0 Å². The number of fused-ring (bicyclic) bond motifs is 1. The molecular weight excluding hydrogens is 237 g/mol. The minimum atomic E-state index is -0.947. The summed E-state index contributed by atoms with van der Waals surface area (Å²) < 4.78 is 14.7. The lowest BCUT2D eigenvalue weighted by atomic mass is 10.3. The molecule has 0 unspecified atom stereocenters. The molecule has 0 bridgehead atoms. The first-order valence-electron chi connectivity index (χ1n) is 5.77. The second-order valence-electron chi connectivity index (χ2n) is 4.47. The van der Waals surface area contributed by atoms with Gasteiger partial charge in [0.15, 0.2) is 0 Å². The van der Waals surface area contributed by atoms with Crippen LogP contribution in [-0.4, -0.2) is 26.7 Å².